The summed E-state index contributed by atoms with van der Waals surface area (Å²) >= 11 is 1.57. The second kappa shape index (κ2) is 7.09. The molecule has 7 heteroatoms. The molecule has 1 aromatic carbocycles. The minimum absolute atomic E-state index is 0.0143. The Balaban J connectivity index is 1.83. The van der Waals surface area contributed by atoms with Gasteiger partial charge in [0.2, 0.25) is 0 Å². The van der Waals surface area contributed by atoms with Crippen LogP contribution in [0.25, 0.3) is 0 Å². The molecule has 1 atom stereocenters. The molecule has 2 amide bonds. The number of carbonyl (C=O) groups excluding carboxylic acids is 2. The summed E-state index contributed by atoms with van der Waals surface area (Å²) in [5.41, 5.74) is 1.67. The van der Waals surface area contributed by atoms with Gasteiger partial charge in [-0.2, -0.15) is 0 Å². The summed E-state index contributed by atoms with van der Waals surface area (Å²) in [6, 6.07) is 6.37. The first-order valence-electron chi connectivity index (χ1n) is 7.77. The molecular weight excluding hydrogens is 329 g/mol. The number of carbonyl (C=O) groups is 2. The van der Waals surface area contributed by atoms with Crippen LogP contribution in [0.4, 0.5) is 4.39 Å². The molecule has 24 heavy (non-hydrogen) atoms. The molecule has 1 N–H and O–H groups in total. The summed E-state index contributed by atoms with van der Waals surface area (Å²) in [5.74, 6) is -0.652. The molecule has 1 aromatic heterocycles. The van der Waals surface area contributed by atoms with Crippen LogP contribution in [0.2, 0.25) is 0 Å². The van der Waals surface area contributed by atoms with E-state index >= 15 is 0 Å². The van der Waals surface area contributed by atoms with Gasteiger partial charge in [0.15, 0.2) is 6.80 Å². The van der Waals surface area contributed by atoms with Crippen molar-refractivity contribution in [3.8, 4) is 0 Å². The monoisotopic (exact) mass is 347 g/mol. The molecule has 1 fully saturated rings. The number of alkyl halides is 1. The minimum atomic E-state index is -0.936. The number of aryl methyl sites for hydroxylation is 1. The van der Waals surface area contributed by atoms with Gasteiger partial charge in [-0.1, -0.05) is 6.07 Å². The van der Waals surface area contributed by atoms with Gasteiger partial charge in [-0.15, -0.1) is 11.3 Å². The fourth-order valence-electron chi connectivity index (χ4n) is 2.91. The molecule has 5 nitrogen and oxygen atoms in total. The number of halogens is 1. The molecule has 0 radical (unpaired) electrons. The van der Waals surface area contributed by atoms with E-state index in [1.807, 2.05) is 17.2 Å². The molecule has 0 aliphatic carbocycles. The van der Waals surface area contributed by atoms with E-state index in [9.17, 15) is 14.0 Å². The molecule has 3 rings (SSSR count). The van der Waals surface area contributed by atoms with Crippen molar-refractivity contribution in [1.29, 1.82) is 0 Å². The number of thiazole rings is 1. The van der Waals surface area contributed by atoms with Crippen LogP contribution in [0.1, 0.15) is 50.3 Å². The number of amides is 2. The molecular formula is C17H18FN3O2S. The van der Waals surface area contributed by atoms with Gasteiger partial charge in [0.25, 0.3) is 11.8 Å². The van der Waals surface area contributed by atoms with E-state index in [1.165, 1.54) is 6.07 Å². The Morgan fingerprint density at radius 1 is 1.42 bits per heavy atom. The van der Waals surface area contributed by atoms with Crippen molar-refractivity contribution in [2.75, 3.05) is 13.3 Å². The number of aromatic nitrogens is 1. The Hall–Kier alpha value is -2.28. The van der Waals surface area contributed by atoms with Crippen LogP contribution in [0.5, 0.6) is 0 Å². The van der Waals surface area contributed by atoms with Crippen LogP contribution in [-0.2, 0) is 0 Å². The smallest absolute Gasteiger partial charge is 0.254 e. The number of hydrogen-bond acceptors (Lipinski definition) is 4. The lowest BCUT2D eigenvalue weighted by Gasteiger charge is -2.23. The van der Waals surface area contributed by atoms with Gasteiger partial charge < -0.3 is 10.2 Å². The van der Waals surface area contributed by atoms with Crippen LogP contribution in [0.3, 0.4) is 0 Å². The zero-order valence-corrected chi connectivity index (χ0v) is 14.1. The highest BCUT2D eigenvalue weighted by Gasteiger charge is 2.32. The molecule has 0 bridgehead atoms. The van der Waals surface area contributed by atoms with Gasteiger partial charge in [0, 0.05) is 28.7 Å². The van der Waals surface area contributed by atoms with Crippen molar-refractivity contribution in [3.05, 3.63) is 51.5 Å². The van der Waals surface area contributed by atoms with E-state index in [1.54, 1.807) is 29.5 Å². The van der Waals surface area contributed by atoms with Crippen LogP contribution in [0, 0.1) is 6.92 Å². The molecule has 2 aromatic rings. The lowest BCUT2D eigenvalue weighted by Crippen LogP contribution is -2.31. The second-order valence-corrected chi connectivity index (χ2v) is 6.59. The van der Waals surface area contributed by atoms with Crippen molar-refractivity contribution in [3.63, 3.8) is 0 Å². The van der Waals surface area contributed by atoms with Gasteiger partial charge >= 0.3 is 0 Å². The standard InChI is InChI=1S/C17H18FN3O2S/c1-11-9-24-16(20-11)14-6-3-7-21(14)17(23)13-5-2-4-12(8-13)15(22)19-10-18/h2,4-5,8-9,14H,3,6-7,10H2,1H3,(H,19,22)/t14-/m1/s1. The average Bonchev–Trinajstić information content (AvgIpc) is 3.23. The Morgan fingerprint density at radius 2 is 2.21 bits per heavy atom. The lowest BCUT2D eigenvalue weighted by molar-refractivity contribution is 0.0735. The maximum Gasteiger partial charge on any atom is 0.254 e. The Bertz CT molecular complexity index is 762. The van der Waals surface area contributed by atoms with E-state index in [0.29, 0.717) is 12.1 Å². The third kappa shape index (κ3) is 3.31. The summed E-state index contributed by atoms with van der Waals surface area (Å²) in [5, 5.41) is 5.03. The molecule has 126 valence electrons. The molecule has 1 aliphatic heterocycles. The van der Waals surface area contributed by atoms with Crippen molar-refractivity contribution < 1.29 is 14.0 Å². The Morgan fingerprint density at radius 3 is 2.92 bits per heavy atom. The van der Waals surface area contributed by atoms with Gasteiger partial charge in [-0.05, 0) is 38.0 Å². The van der Waals surface area contributed by atoms with Crippen molar-refractivity contribution >= 4 is 23.2 Å². The number of likely N-dealkylation sites (tertiary alicyclic amines) is 1. The van der Waals surface area contributed by atoms with Gasteiger partial charge in [-0.25, -0.2) is 9.37 Å². The quantitative estimate of drug-likeness (QED) is 0.865. The summed E-state index contributed by atoms with van der Waals surface area (Å²) in [6.45, 7) is 1.67. The van der Waals surface area contributed by atoms with Crippen LogP contribution in [0.15, 0.2) is 29.6 Å². The van der Waals surface area contributed by atoms with E-state index in [-0.39, 0.29) is 17.5 Å². The molecule has 2 heterocycles. The normalized spacial score (nSPS) is 17.1. The zero-order valence-electron chi connectivity index (χ0n) is 13.3. The number of rotatable bonds is 4. The van der Waals surface area contributed by atoms with E-state index in [4.69, 9.17) is 0 Å². The third-order valence-corrected chi connectivity index (χ3v) is 5.10. The van der Waals surface area contributed by atoms with Crippen molar-refractivity contribution in [1.82, 2.24) is 15.2 Å². The third-order valence-electron chi connectivity index (χ3n) is 4.03. The molecule has 0 unspecified atom stereocenters. The minimum Gasteiger partial charge on any atom is -0.329 e. The largest absolute Gasteiger partial charge is 0.329 e. The zero-order chi connectivity index (χ0) is 17.1. The Kier molecular flexibility index (Phi) is 4.89. The first kappa shape index (κ1) is 16.6. The molecule has 1 aliphatic rings. The lowest BCUT2D eigenvalue weighted by atomic mass is 10.1. The molecule has 0 saturated carbocycles. The van der Waals surface area contributed by atoms with Crippen molar-refractivity contribution in [2.45, 2.75) is 25.8 Å². The Labute approximate surface area is 143 Å². The summed E-state index contributed by atoms with van der Waals surface area (Å²) in [7, 11) is 0. The topological polar surface area (TPSA) is 62.3 Å². The fourth-order valence-corrected chi connectivity index (χ4v) is 3.86. The summed E-state index contributed by atoms with van der Waals surface area (Å²) in [6.07, 6.45) is 1.82. The molecule has 0 spiro atoms. The van der Waals surface area contributed by atoms with Crippen LogP contribution in [-0.4, -0.2) is 35.0 Å². The van der Waals surface area contributed by atoms with Crippen molar-refractivity contribution in [2.24, 2.45) is 0 Å². The number of nitrogens with one attached hydrogen (secondary N) is 1. The van der Waals surface area contributed by atoms with Crippen LogP contribution >= 0.6 is 11.3 Å². The highest BCUT2D eigenvalue weighted by molar-refractivity contribution is 7.09. The predicted octanol–water partition coefficient (Wildman–Crippen LogP) is 3.09. The van der Waals surface area contributed by atoms with Crippen LogP contribution < -0.4 is 5.32 Å². The highest BCUT2D eigenvalue weighted by Crippen LogP contribution is 2.34. The predicted molar refractivity (Wildman–Crippen MR) is 89.7 cm³/mol. The number of hydrogen-bond donors (Lipinski definition) is 1. The summed E-state index contributed by atoms with van der Waals surface area (Å²) in [4.78, 5) is 30.9. The average molecular weight is 347 g/mol. The fraction of sp³-hybridized carbons (Fsp3) is 0.353. The van der Waals surface area contributed by atoms with E-state index < -0.39 is 12.7 Å². The van der Waals surface area contributed by atoms with E-state index in [2.05, 4.69) is 10.3 Å². The molecule has 1 saturated heterocycles. The first-order valence-corrected chi connectivity index (χ1v) is 8.65. The highest BCUT2D eigenvalue weighted by atomic mass is 32.1. The number of nitrogens with zero attached hydrogens (tertiary/aromatic N) is 2. The van der Waals surface area contributed by atoms with E-state index in [0.717, 1.165) is 23.5 Å². The maximum absolute atomic E-state index is 12.9. The maximum atomic E-state index is 12.9. The number of benzene rings is 1. The summed E-state index contributed by atoms with van der Waals surface area (Å²) < 4.78 is 12.3. The van der Waals surface area contributed by atoms with Gasteiger partial charge in [0.05, 0.1) is 6.04 Å². The van der Waals surface area contributed by atoms with Gasteiger partial charge in [0.1, 0.15) is 5.01 Å². The van der Waals surface area contributed by atoms with Gasteiger partial charge in [-0.3, -0.25) is 9.59 Å². The first-order chi connectivity index (χ1) is 11.6. The SMILES string of the molecule is Cc1csc([C@H]2CCCN2C(=O)c2cccc(C(=O)NCF)c2)n1. The second-order valence-electron chi connectivity index (χ2n) is 5.70.